The first-order valence-electron chi connectivity index (χ1n) is 17.7. The number of carbonyl (C=O) groups is 3. The normalized spacial score (nSPS) is 27.6. The molecule has 270 valence electrons. The van der Waals surface area contributed by atoms with E-state index < -0.39 is 42.7 Å². The molecular weight excluding hydrogens is 658 g/mol. The largest absolute Gasteiger partial charge is 0.492 e. The Morgan fingerprint density at radius 2 is 2.00 bits per heavy atom. The number of esters is 1. The number of ketones is 1. The number of aldehydes is 1. The molecule has 0 aromatic heterocycles. The zero-order valence-electron chi connectivity index (χ0n) is 28.8. The highest BCUT2D eigenvalue weighted by atomic mass is 16.6. The molecule has 2 aromatic rings. The van der Waals surface area contributed by atoms with Crippen LogP contribution < -0.4 is 24.8 Å². The van der Waals surface area contributed by atoms with Crippen LogP contribution in [-0.2, 0) is 25.7 Å². The number of hydrogen-bond acceptors (Lipinski definition) is 12. The molecule has 0 radical (unpaired) electrons. The maximum absolute atomic E-state index is 13.9. The van der Waals surface area contributed by atoms with Crippen molar-refractivity contribution < 1.29 is 53.8 Å². The summed E-state index contributed by atoms with van der Waals surface area (Å²) < 4.78 is 24.6. The summed E-state index contributed by atoms with van der Waals surface area (Å²) in [6, 6.07) is 5.66. The lowest BCUT2D eigenvalue weighted by molar-refractivity contribution is -0.141. The van der Waals surface area contributed by atoms with Crippen LogP contribution in [0.25, 0.3) is 11.6 Å². The summed E-state index contributed by atoms with van der Waals surface area (Å²) in [5.41, 5.74) is 1.47. The fourth-order valence-corrected chi connectivity index (χ4v) is 8.47. The number of aliphatic hydroxyl groups is 4. The van der Waals surface area contributed by atoms with E-state index in [1.165, 1.54) is 0 Å². The van der Waals surface area contributed by atoms with Crippen molar-refractivity contribution in [2.75, 3.05) is 33.0 Å². The molecule has 3 heterocycles. The van der Waals surface area contributed by atoms with E-state index in [1.54, 1.807) is 13.8 Å². The lowest BCUT2D eigenvalue weighted by Gasteiger charge is -2.38. The monoisotopic (exact) mass is 701 g/mol. The number of benzene rings is 2. The van der Waals surface area contributed by atoms with Gasteiger partial charge in [0.05, 0.1) is 60.6 Å². The third-order valence-corrected chi connectivity index (χ3v) is 10.8. The number of rotatable bonds is 10. The molecule has 2 fully saturated rings. The van der Waals surface area contributed by atoms with Gasteiger partial charge in [0.1, 0.15) is 29.1 Å². The minimum Gasteiger partial charge on any atom is -0.492 e. The fraction of sp³-hybridized carbons (Fsp3) is 0.487. The summed E-state index contributed by atoms with van der Waals surface area (Å²) in [5, 5.41) is 44.4. The van der Waals surface area contributed by atoms with Crippen LogP contribution in [0.1, 0.15) is 86.5 Å². The minimum absolute atomic E-state index is 0.00446. The van der Waals surface area contributed by atoms with E-state index in [2.05, 4.69) is 4.99 Å². The van der Waals surface area contributed by atoms with Gasteiger partial charge in [-0.3, -0.25) is 14.6 Å². The molecule has 5 aliphatic rings. The van der Waals surface area contributed by atoms with Gasteiger partial charge in [-0.1, -0.05) is 17.7 Å². The van der Waals surface area contributed by atoms with Gasteiger partial charge in [0.2, 0.25) is 5.76 Å². The molecule has 2 aromatic carbocycles. The SMILES string of the molecule is CCOC(=O)C1=C(C=O)C(=C2CC(CO)C(=O)C(c3ccc4c(c3)=CCN=4)C2)c2c(c(CO)c3c(c2OCCCO)C2CCCC(C)(O)C2O3)O1. The van der Waals surface area contributed by atoms with Crippen LogP contribution in [0.4, 0.5) is 0 Å². The van der Waals surface area contributed by atoms with E-state index in [4.69, 9.17) is 18.9 Å². The number of nitrogens with zero attached hydrogens (tertiary/aromatic N) is 1. The molecule has 0 amide bonds. The van der Waals surface area contributed by atoms with Crippen molar-refractivity contribution in [3.8, 4) is 17.2 Å². The molecule has 4 N–H and O–H groups in total. The number of aliphatic hydroxyl groups excluding tert-OH is 3. The first kappa shape index (κ1) is 35.1. The van der Waals surface area contributed by atoms with Gasteiger partial charge in [-0.05, 0) is 68.9 Å². The molecule has 2 aliphatic carbocycles. The van der Waals surface area contributed by atoms with Crippen LogP contribution in [0, 0.1) is 5.92 Å². The second-order valence-electron chi connectivity index (χ2n) is 14.0. The first-order chi connectivity index (χ1) is 24.7. The lowest BCUT2D eigenvalue weighted by Crippen LogP contribution is -2.47. The lowest BCUT2D eigenvalue weighted by atomic mass is 9.70. The van der Waals surface area contributed by atoms with Crippen molar-refractivity contribution in [2.45, 2.75) is 82.5 Å². The van der Waals surface area contributed by atoms with Crippen LogP contribution in [0.2, 0.25) is 0 Å². The molecule has 3 aliphatic heterocycles. The van der Waals surface area contributed by atoms with Gasteiger partial charge in [0.15, 0.2) is 6.29 Å². The van der Waals surface area contributed by atoms with Crippen LogP contribution in [0.15, 0.2) is 40.1 Å². The van der Waals surface area contributed by atoms with E-state index in [0.29, 0.717) is 60.1 Å². The number of fused-ring (bicyclic) bond motifs is 5. The fourth-order valence-electron chi connectivity index (χ4n) is 8.47. The van der Waals surface area contributed by atoms with Crippen molar-refractivity contribution in [1.82, 2.24) is 0 Å². The average Bonchev–Trinajstić information content (AvgIpc) is 3.76. The number of carbonyl (C=O) groups excluding carboxylic acids is 3. The summed E-state index contributed by atoms with van der Waals surface area (Å²) in [7, 11) is 0. The highest BCUT2D eigenvalue weighted by molar-refractivity contribution is 6.11. The summed E-state index contributed by atoms with van der Waals surface area (Å²) in [6.45, 7) is 2.79. The molecular formula is C39H43NO11. The maximum atomic E-state index is 13.9. The average molecular weight is 702 g/mol. The van der Waals surface area contributed by atoms with Gasteiger partial charge in [0, 0.05) is 41.9 Å². The Labute approximate surface area is 294 Å². The number of allylic oxidation sites excluding steroid dienone is 3. The Morgan fingerprint density at radius 3 is 2.73 bits per heavy atom. The Kier molecular flexibility index (Phi) is 9.61. The summed E-state index contributed by atoms with van der Waals surface area (Å²) in [5.74, 6) is -2.66. The van der Waals surface area contributed by atoms with Crippen molar-refractivity contribution in [3.05, 3.63) is 67.9 Å². The molecule has 2 saturated carbocycles. The minimum atomic E-state index is -1.20. The van der Waals surface area contributed by atoms with Crippen molar-refractivity contribution >= 4 is 29.7 Å². The standard InChI is InChI=1S/C39H43NO11/c1-3-48-38(46)35-26(18-43)29(22-15-23(17-42)32(45)25(16-22)20-7-8-28-21(14-20)9-11-40-28)31-34(50-35)27(19-44)33-30(36(31)49-13-5-12-41)24-6-4-10-39(2,47)37(24)51-33/h7-9,14,18,23-25,37,41-42,44,47H,3-6,10-13,15-17,19H2,1-2H3. The van der Waals surface area contributed by atoms with E-state index >= 15 is 0 Å². The van der Waals surface area contributed by atoms with Crippen LogP contribution in [0.3, 0.4) is 0 Å². The van der Waals surface area contributed by atoms with Crippen LogP contribution in [0.5, 0.6) is 17.2 Å². The second-order valence-corrected chi connectivity index (χ2v) is 14.0. The topological polar surface area (TPSA) is 181 Å². The first-order valence-corrected chi connectivity index (χ1v) is 17.7. The van der Waals surface area contributed by atoms with E-state index in [-0.39, 0.29) is 79.2 Å². The van der Waals surface area contributed by atoms with E-state index in [0.717, 1.165) is 16.1 Å². The summed E-state index contributed by atoms with van der Waals surface area (Å²) in [4.78, 5) is 45.1. The molecule has 5 unspecified atom stereocenters. The van der Waals surface area contributed by atoms with Gasteiger partial charge < -0.3 is 39.4 Å². The Balaban J connectivity index is 1.52. The van der Waals surface area contributed by atoms with Crippen molar-refractivity contribution in [1.29, 1.82) is 0 Å². The van der Waals surface area contributed by atoms with Crippen molar-refractivity contribution in [3.63, 3.8) is 0 Å². The van der Waals surface area contributed by atoms with Crippen LogP contribution in [-0.4, -0.2) is 83.1 Å². The highest BCUT2D eigenvalue weighted by Crippen LogP contribution is 2.61. The predicted octanol–water partition coefficient (Wildman–Crippen LogP) is 2.05. The molecule has 51 heavy (non-hydrogen) atoms. The van der Waals surface area contributed by atoms with Gasteiger partial charge in [-0.25, -0.2) is 4.79 Å². The maximum Gasteiger partial charge on any atom is 0.375 e. The Hall–Kier alpha value is -4.36. The Morgan fingerprint density at radius 1 is 1.18 bits per heavy atom. The predicted molar refractivity (Wildman–Crippen MR) is 183 cm³/mol. The third-order valence-electron chi connectivity index (χ3n) is 10.8. The zero-order valence-corrected chi connectivity index (χ0v) is 28.8. The second kappa shape index (κ2) is 14.0. The molecule has 12 nitrogen and oxygen atoms in total. The molecule has 0 spiro atoms. The van der Waals surface area contributed by atoms with Gasteiger partial charge >= 0.3 is 5.97 Å². The third kappa shape index (κ3) is 5.87. The van der Waals surface area contributed by atoms with E-state index in [1.807, 2.05) is 24.3 Å². The quantitative estimate of drug-likeness (QED) is 0.162. The molecule has 12 heteroatoms. The summed E-state index contributed by atoms with van der Waals surface area (Å²) in [6.07, 6.45) is 4.20. The smallest absolute Gasteiger partial charge is 0.375 e. The highest BCUT2D eigenvalue weighted by Gasteiger charge is 2.53. The Bertz CT molecular complexity index is 1980. The van der Waals surface area contributed by atoms with Gasteiger partial charge in [-0.15, -0.1) is 0 Å². The van der Waals surface area contributed by atoms with E-state index in [9.17, 15) is 34.8 Å². The number of Topliss-reactive ketones (excluding diaryl/α,β-unsaturated/α-hetero) is 1. The van der Waals surface area contributed by atoms with Gasteiger partial charge in [-0.2, -0.15) is 0 Å². The molecule has 0 saturated heterocycles. The number of ether oxygens (including phenoxy) is 4. The summed E-state index contributed by atoms with van der Waals surface area (Å²) >= 11 is 0. The molecule has 0 bridgehead atoms. The van der Waals surface area contributed by atoms with Gasteiger partial charge in [0.25, 0.3) is 0 Å². The zero-order chi connectivity index (χ0) is 36.0. The molecule has 5 atom stereocenters. The molecule has 7 rings (SSSR count). The number of hydrogen-bond donors (Lipinski definition) is 4. The van der Waals surface area contributed by atoms with Crippen molar-refractivity contribution in [2.24, 2.45) is 10.9 Å². The van der Waals surface area contributed by atoms with Crippen LogP contribution >= 0.6 is 0 Å².